The number of hydrogen-bond donors (Lipinski definition) is 1. The zero-order chi connectivity index (χ0) is 13.0. The lowest BCUT2D eigenvalue weighted by Crippen LogP contribution is -2.22. The lowest BCUT2D eigenvalue weighted by molar-refractivity contribution is -0.384. The first kappa shape index (κ1) is 13.3. The zero-order valence-electron chi connectivity index (χ0n) is 9.03. The van der Waals surface area contributed by atoms with Crippen LogP contribution in [0.15, 0.2) is 24.3 Å². The summed E-state index contributed by atoms with van der Waals surface area (Å²) in [6.07, 6.45) is 0. The third-order valence-electron chi connectivity index (χ3n) is 2.17. The third-order valence-corrected chi connectivity index (χ3v) is 3.78. The topological polar surface area (TPSA) is 97.5 Å². The van der Waals surface area contributed by atoms with Gasteiger partial charge in [0.05, 0.1) is 4.92 Å². The number of hydrogen-bond acceptors (Lipinski definition) is 4. The second-order valence-corrected chi connectivity index (χ2v) is 5.19. The summed E-state index contributed by atoms with van der Waals surface area (Å²) in [7, 11) is -1.59. The molecule has 0 aliphatic carbocycles. The standard InChI is InChI=1S/C10H11NO5S/c1-7(10(12)13)17(16)6-8-3-2-4-9(5-8)11(14)15/h2-5,7H,6H2,1H3,(H,12,13). The van der Waals surface area contributed by atoms with Crippen LogP contribution in [0.1, 0.15) is 12.5 Å². The van der Waals surface area contributed by atoms with E-state index in [-0.39, 0.29) is 11.4 Å². The Kier molecular flexibility index (Phi) is 4.33. The fraction of sp³-hybridized carbons (Fsp3) is 0.300. The van der Waals surface area contributed by atoms with E-state index in [1.165, 1.54) is 25.1 Å². The third kappa shape index (κ3) is 3.63. The molecule has 0 aliphatic rings. The maximum Gasteiger partial charge on any atom is 0.318 e. The maximum atomic E-state index is 11.6. The Morgan fingerprint density at radius 2 is 2.24 bits per heavy atom. The van der Waals surface area contributed by atoms with Crippen molar-refractivity contribution in [3.8, 4) is 0 Å². The predicted molar refractivity (Wildman–Crippen MR) is 62.0 cm³/mol. The lowest BCUT2D eigenvalue weighted by atomic mass is 10.2. The number of nitro groups is 1. The number of non-ortho nitro benzene ring substituents is 1. The van der Waals surface area contributed by atoms with Gasteiger partial charge in [-0.2, -0.15) is 0 Å². The van der Waals surface area contributed by atoms with Gasteiger partial charge in [0.2, 0.25) is 0 Å². The molecule has 92 valence electrons. The van der Waals surface area contributed by atoms with Gasteiger partial charge < -0.3 is 5.11 Å². The number of carbonyl (C=O) groups is 1. The smallest absolute Gasteiger partial charge is 0.318 e. The highest BCUT2D eigenvalue weighted by Gasteiger charge is 2.19. The molecule has 0 fully saturated rings. The van der Waals surface area contributed by atoms with Crippen LogP contribution in [0.3, 0.4) is 0 Å². The normalized spacial score (nSPS) is 13.9. The lowest BCUT2D eigenvalue weighted by Gasteiger charge is -2.06. The Morgan fingerprint density at radius 1 is 1.59 bits per heavy atom. The molecule has 1 aromatic carbocycles. The molecule has 0 amide bonds. The van der Waals surface area contributed by atoms with E-state index >= 15 is 0 Å². The molecule has 1 aromatic rings. The molecule has 7 heteroatoms. The van der Waals surface area contributed by atoms with Gasteiger partial charge in [-0.25, -0.2) is 0 Å². The molecule has 0 saturated carbocycles. The van der Waals surface area contributed by atoms with Gasteiger partial charge in [0, 0.05) is 28.7 Å². The van der Waals surface area contributed by atoms with Crippen LogP contribution in [0.2, 0.25) is 0 Å². The molecule has 6 nitrogen and oxygen atoms in total. The Hall–Kier alpha value is -1.76. The molecule has 2 unspecified atom stereocenters. The summed E-state index contributed by atoms with van der Waals surface area (Å²) < 4.78 is 11.6. The molecule has 1 rings (SSSR count). The summed E-state index contributed by atoms with van der Waals surface area (Å²) >= 11 is 0. The van der Waals surface area contributed by atoms with Gasteiger partial charge in [-0.1, -0.05) is 12.1 Å². The highest BCUT2D eigenvalue weighted by Crippen LogP contribution is 2.15. The van der Waals surface area contributed by atoms with Crippen molar-refractivity contribution < 1.29 is 19.0 Å². The van der Waals surface area contributed by atoms with Crippen LogP contribution in [0.5, 0.6) is 0 Å². The van der Waals surface area contributed by atoms with Gasteiger partial charge in [-0.3, -0.25) is 19.1 Å². The molecule has 17 heavy (non-hydrogen) atoms. The number of carboxylic acids is 1. The van der Waals surface area contributed by atoms with Crippen LogP contribution in [0.4, 0.5) is 5.69 Å². The number of carboxylic acid groups (broad SMARTS) is 1. The van der Waals surface area contributed by atoms with Crippen molar-refractivity contribution in [2.45, 2.75) is 17.9 Å². The van der Waals surface area contributed by atoms with E-state index in [0.29, 0.717) is 5.56 Å². The van der Waals surface area contributed by atoms with E-state index in [0.717, 1.165) is 0 Å². The van der Waals surface area contributed by atoms with E-state index in [2.05, 4.69) is 0 Å². The monoisotopic (exact) mass is 257 g/mol. The predicted octanol–water partition coefficient (Wildman–Crippen LogP) is 1.32. The van der Waals surface area contributed by atoms with Gasteiger partial charge in [-0.15, -0.1) is 0 Å². The first-order chi connectivity index (χ1) is 7.91. The van der Waals surface area contributed by atoms with Crippen molar-refractivity contribution in [1.29, 1.82) is 0 Å². The van der Waals surface area contributed by atoms with Crippen molar-refractivity contribution >= 4 is 22.5 Å². The van der Waals surface area contributed by atoms with Gasteiger partial charge in [0.15, 0.2) is 0 Å². The number of nitro benzene ring substituents is 1. The first-order valence-electron chi connectivity index (χ1n) is 4.75. The van der Waals surface area contributed by atoms with Crippen LogP contribution < -0.4 is 0 Å². The van der Waals surface area contributed by atoms with Crippen LogP contribution in [0, 0.1) is 10.1 Å². The van der Waals surface area contributed by atoms with Crippen LogP contribution >= 0.6 is 0 Å². The van der Waals surface area contributed by atoms with Crippen molar-refractivity contribution in [3.63, 3.8) is 0 Å². The van der Waals surface area contributed by atoms with Gasteiger partial charge in [-0.05, 0) is 12.5 Å². The van der Waals surface area contributed by atoms with E-state index in [1.54, 1.807) is 6.07 Å². The van der Waals surface area contributed by atoms with Crippen molar-refractivity contribution in [2.24, 2.45) is 0 Å². The Balaban J connectivity index is 2.82. The van der Waals surface area contributed by atoms with Crippen molar-refractivity contribution in [3.05, 3.63) is 39.9 Å². The largest absolute Gasteiger partial charge is 0.480 e. The molecule has 0 aliphatic heterocycles. The van der Waals surface area contributed by atoms with E-state index in [1.807, 2.05) is 0 Å². The molecule has 0 saturated heterocycles. The SMILES string of the molecule is CC(C(=O)O)S(=O)Cc1cccc([N+](=O)[O-])c1. The first-order valence-corrected chi connectivity index (χ1v) is 6.13. The molecule has 0 aromatic heterocycles. The van der Waals surface area contributed by atoms with E-state index in [4.69, 9.17) is 5.11 Å². The fourth-order valence-electron chi connectivity index (χ4n) is 1.16. The quantitative estimate of drug-likeness (QED) is 0.633. The van der Waals surface area contributed by atoms with Gasteiger partial charge in [0.25, 0.3) is 5.69 Å². The Bertz CT molecular complexity index is 474. The molecular weight excluding hydrogens is 246 g/mol. The minimum absolute atomic E-state index is 0.00481. The number of rotatable bonds is 5. The summed E-state index contributed by atoms with van der Waals surface area (Å²) in [6, 6.07) is 5.69. The molecule has 0 radical (unpaired) electrons. The Labute approximate surface area is 99.9 Å². The van der Waals surface area contributed by atoms with Crippen molar-refractivity contribution in [2.75, 3.05) is 0 Å². The average Bonchev–Trinajstić information content (AvgIpc) is 2.28. The summed E-state index contributed by atoms with van der Waals surface area (Å²) in [5, 5.41) is 18.2. The molecular formula is C10H11NO5S. The average molecular weight is 257 g/mol. The summed E-state index contributed by atoms with van der Waals surface area (Å²) in [6.45, 7) is 1.34. The summed E-state index contributed by atoms with van der Waals surface area (Å²) in [5.74, 6) is -1.15. The Morgan fingerprint density at radius 3 is 2.76 bits per heavy atom. The minimum atomic E-state index is -1.59. The molecule has 0 bridgehead atoms. The zero-order valence-corrected chi connectivity index (χ0v) is 9.85. The van der Waals surface area contributed by atoms with Crippen molar-refractivity contribution in [1.82, 2.24) is 0 Å². The van der Waals surface area contributed by atoms with Crippen LogP contribution in [-0.2, 0) is 21.3 Å². The fourth-order valence-corrected chi connectivity index (χ4v) is 2.14. The maximum absolute atomic E-state index is 11.6. The number of benzene rings is 1. The van der Waals surface area contributed by atoms with Gasteiger partial charge >= 0.3 is 5.97 Å². The highest BCUT2D eigenvalue weighted by molar-refractivity contribution is 7.85. The highest BCUT2D eigenvalue weighted by atomic mass is 32.2. The molecule has 2 atom stereocenters. The van der Waals surface area contributed by atoms with E-state index < -0.39 is 26.9 Å². The summed E-state index contributed by atoms with van der Waals surface area (Å²) in [5.41, 5.74) is 0.396. The second-order valence-electron chi connectivity index (χ2n) is 3.43. The van der Waals surface area contributed by atoms with Crippen LogP contribution in [-0.4, -0.2) is 25.5 Å². The molecule has 0 heterocycles. The minimum Gasteiger partial charge on any atom is -0.480 e. The summed E-state index contributed by atoms with van der Waals surface area (Å²) in [4.78, 5) is 20.6. The molecule has 1 N–H and O–H groups in total. The second kappa shape index (κ2) is 5.53. The van der Waals surface area contributed by atoms with E-state index in [9.17, 15) is 19.1 Å². The van der Waals surface area contributed by atoms with Crippen LogP contribution in [0.25, 0.3) is 0 Å². The number of nitrogens with zero attached hydrogens (tertiary/aromatic N) is 1. The van der Waals surface area contributed by atoms with Gasteiger partial charge in [0.1, 0.15) is 5.25 Å². The number of aliphatic carboxylic acids is 1. The molecule has 0 spiro atoms.